The van der Waals surface area contributed by atoms with Gasteiger partial charge in [0.2, 0.25) is 5.91 Å². The second-order valence-electron chi connectivity index (χ2n) is 8.24. The van der Waals surface area contributed by atoms with Crippen LogP contribution in [0.5, 0.6) is 0 Å². The highest BCUT2D eigenvalue weighted by atomic mass is 35.5. The summed E-state index contributed by atoms with van der Waals surface area (Å²) in [6.45, 7) is 4.37. The van der Waals surface area contributed by atoms with E-state index in [1.54, 1.807) is 21.9 Å². The molecule has 1 aromatic heterocycles. The monoisotopic (exact) mass is 475 g/mol. The molecule has 0 bridgehead atoms. The standard InChI is InChI=1S/C26H26ClN5O2/c1-19-7-9-21(17-23(19)27)29-26(34)31-15-13-30(14-16-31)25(33)10-8-20-18-32(12-4-11-28)24-6-3-2-5-22(20)24/h2-3,5-10,17-18H,4,12-16H2,1H3,(H,29,34)/b10-8+. The van der Waals surface area contributed by atoms with Crippen molar-refractivity contribution in [1.82, 2.24) is 14.4 Å². The first-order valence-corrected chi connectivity index (χ1v) is 11.6. The lowest BCUT2D eigenvalue weighted by molar-refractivity contribution is -0.127. The number of para-hydroxylation sites is 1. The number of aryl methyl sites for hydroxylation is 2. The lowest BCUT2D eigenvalue weighted by Crippen LogP contribution is -2.51. The third-order valence-electron chi connectivity index (χ3n) is 5.99. The highest BCUT2D eigenvalue weighted by Gasteiger charge is 2.23. The van der Waals surface area contributed by atoms with Gasteiger partial charge in [0.1, 0.15) is 0 Å². The van der Waals surface area contributed by atoms with Crippen LogP contribution in [0.15, 0.2) is 54.7 Å². The van der Waals surface area contributed by atoms with Gasteiger partial charge in [-0.2, -0.15) is 5.26 Å². The van der Waals surface area contributed by atoms with E-state index >= 15 is 0 Å². The summed E-state index contributed by atoms with van der Waals surface area (Å²) >= 11 is 6.14. The molecule has 2 aromatic carbocycles. The maximum absolute atomic E-state index is 12.8. The number of urea groups is 1. The second kappa shape index (κ2) is 10.4. The van der Waals surface area contributed by atoms with Gasteiger partial charge in [0, 0.05) is 72.2 Å². The maximum atomic E-state index is 12.8. The van der Waals surface area contributed by atoms with E-state index in [1.807, 2.05) is 60.2 Å². The Morgan fingerprint density at radius 1 is 1.12 bits per heavy atom. The summed E-state index contributed by atoms with van der Waals surface area (Å²) in [5, 5.41) is 13.4. The minimum Gasteiger partial charge on any atom is -0.346 e. The molecular formula is C26H26ClN5O2. The minimum atomic E-state index is -0.201. The van der Waals surface area contributed by atoms with Gasteiger partial charge >= 0.3 is 6.03 Å². The molecule has 3 aromatic rings. The van der Waals surface area contributed by atoms with Crippen molar-refractivity contribution >= 4 is 46.2 Å². The van der Waals surface area contributed by atoms with Crippen molar-refractivity contribution < 1.29 is 9.59 Å². The molecule has 0 saturated carbocycles. The fraction of sp³-hybridized carbons (Fsp3) is 0.269. The van der Waals surface area contributed by atoms with E-state index in [0.29, 0.717) is 49.9 Å². The number of hydrogen-bond donors (Lipinski definition) is 1. The summed E-state index contributed by atoms with van der Waals surface area (Å²) in [6, 6.07) is 15.3. The lowest BCUT2D eigenvalue weighted by Gasteiger charge is -2.34. The number of halogens is 1. The Morgan fingerprint density at radius 3 is 2.59 bits per heavy atom. The Morgan fingerprint density at radius 2 is 1.85 bits per heavy atom. The van der Waals surface area contributed by atoms with Gasteiger partial charge in [-0.15, -0.1) is 0 Å². The predicted octanol–water partition coefficient (Wildman–Crippen LogP) is 4.91. The normalized spacial score (nSPS) is 13.9. The van der Waals surface area contributed by atoms with Gasteiger partial charge in [0.05, 0.1) is 12.5 Å². The number of carbonyl (C=O) groups is 2. The molecule has 0 spiro atoms. The average molecular weight is 476 g/mol. The summed E-state index contributed by atoms with van der Waals surface area (Å²) in [6.07, 6.45) is 5.81. The fourth-order valence-corrected chi connectivity index (χ4v) is 4.21. The van der Waals surface area contributed by atoms with Crippen molar-refractivity contribution in [3.05, 3.63) is 70.9 Å². The van der Waals surface area contributed by atoms with Gasteiger partial charge in [-0.1, -0.05) is 35.9 Å². The molecular weight excluding hydrogens is 450 g/mol. The third kappa shape index (κ3) is 5.24. The van der Waals surface area contributed by atoms with Crippen LogP contribution in [-0.4, -0.2) is 52.5 Å². The number of aromatic nitrogens is 1. The Hall–Kier alpha value is -3.76. The van der Waals surface area contributed by atoms with Gasteiger partial charge in [-0.05, 0) is 36.8 Å². The molecule has 1 aliphatic heterocycles. The molecule has 34 heavy (non-hydrogen) atoms. The van der Waals surface area contributed by atoms with E-state index in [0.717, 1.165) is 22.0 Å². The molecule has 8 heteroatoms. The number of nitrogens with zero attached hydrogens (tertiary/aromatic N) is 4. The summed E-state index contributed by atoms with van der Waals surface area (Å²) in [5.74, 6) is -0.0840. The number of hydrogen-bond acceptors (Lipinski definition) is 3. The first-order chi connectivity index (χ1) is 16.5. The molecule has 1 saturated heterocycles. The molecule has 0 atom stereocenters. The van der Waals surface area contributed by atoms with Crippen LogP contribution in [0.2, 0.25) is 5.02 Å². The SMILES string of the molecule is Cc1ccc(NC(=O)N2CCN(C(=O)/C=C/c3cn(CCC#N)c4ccccc34)CC2)cc1Cl. The van der Waals surface area contributed by atoms with Crippen LogP contribution in [-0.2, 0) is 11.3 Å². The number of nitriles is 1. The van der Waals surface area contributed by atoms with Gasteiger partial charge in [0.15, 0.2) is 0 Å². The number of nitrogens with one attached hydrogen (secondary N) is 1. The van der Waals surface area contributed by atoms with E-state index < -0.39 is 0 Å². The molecule has 0 aliphatic carbocycles. The highest BCUT2D eigenvalue weighted by molar-refractivity contribution is 6.31. The Labute approximate surface area is 203 Å². The number of amides is 3. The molecule has 0 unspecified atom stereocenters. The van der Waals surface area contributed by atoms with Crippen LogP contribution in [0.1, 0.15) is 17.5 Å². The zero-order chi connectivity index (χ0) is 24.1. The molecule has 2 heterocycles. The van der Waals surface area contributed by atoms with Crippen LogP contribution in [0, 0.1) is 18.3 Å². The number of benzene rings is 2. The fourth-order valence-electron chi connectivity index (χ4n) is 4.03. The second-order valence-corrected chi connectivity index (χ2v) is 8.65. The highest BCUT2D eigenvalue weighted by Crippen LogP contribution is 2.23. The minimum absolute atomic E-state index is 0.0840. The molecule has 4 rings (SSSR count). The first kappa shape index (κ1) is 23.4. The van der Waals surface area contributed by atoms with Crippen molar-refractivity contribution in [3.8, 4) is 6.07 Å². The summed E-state index contributed by atoms with van der Waals surface area (Å²) in [7, 11) is 0. The first-order valence-electron chi connectivity index (χ1n) is 11.2. The molecule has 1 aliphatic rings. The number of rotatable bonds is 5. The van der Waals surface area contributed by atoms with Crippen molar-refractivity contribution in [2.45, 2.75) is 19.9 Å². The number of carbonyl (C=O) groups excluding carboxylic acids is 2. The predicted molar refractivity (Wildman–Crippen MR) is 135 cm³/mol. The number of fused-ring (bicyclic) bond motifs is 1. The van der Waals surface area contributed by atoms with E-state index in [1.165, 1.54) is 0 Å². The lowest BCUT2D eigenvalue weighted by atomic mass is 10.1. The zero-order valence-electron chi connectivity index (χ0n) is 19.0. The van der Waals surface area contributed by atoms with E-state index in [2.05, 4.69) is 11.4 Å². The van der Waals surface area contributed by atoms with Crippen molar-refractivity contribution in [3.63, 3.8) is 0 Å². The van der Waals surface area contributed by atoms with Crippen LogP contribution in [0.25, 0.3) is 17.0 Å². The molecule has 0 radical (unpaired) electrons. The van der Waals surface area contributed by atoms with Gasteiger partial charge in [0.25, 0.3) is 0 Å². The van der Waals surface area contributed by atoms with Gasteiger partial charge in [-0.3, -0.25) is 4.79 Å². The quantitative estimate of drug-likeness (QED) is 0.532. The Bertz CT molecular complexity index is 1280. The number of anilines is 1. The van der Waals surface area contributed by atoms with Gasteiger partial charge < -0.3 is 19.7 Å². The van der Waals surface area contributed by atoms with Crippen LogP contribution in [0.4, 0.5) is 10.5 Å². The zero-order valence-corrected chi connectivity index (χ0v) is 19.8. The average Bonchev–Trinajstić information content (AvgIpc) is 3.21. The van der Waals surface area contributed by atoms with E-state index in [9.17, 15) is 9.59 Å². The van der Waals surface area contributed by atoms with Crippen molar-refractivity contribution in [2.75, 3.05) is 31.5 Å². The van der Waals surface area contributed by atoms with Crippen molar-refractivity contribution in [1.29, 1.82) is 5.26 Å². The Balaban J connectivity index is 1.35. The topological polar surface area (TPSA) is 81.4 Å². The molecule has 1 fully saturated rings. The third-order valence-corrected chi connectivity index (χ3v) is 6.40. The maximum Gasteiger partial charge on any atom is 0.321 e. The Kier molecular flexibility index (Phi) is 7.19. The summed E-state index contributed by atoms with van der Waals surface area (Å²) in [4.78, 5) is 28.8. The molecule has 7 nitrogen and oxygen atoms in total. The van der Waals surface area contributed by atoms with Crippen LogP contribution >= 0.6 is 11.6 Å². The van der Waals surface area contributed by atoms with Gasteiger partial charge in [-0.25, -0.2) is 4.79 Å². The molecule has 1 N–H and O–H groups in total. The van der Waals surface area contributed by atoms with Crippen LogP contribution in [0.3, 0.4) is 0 Å². The van der Waals surface area contributed by atoms with E-state index in [4.69, 9.17) is 16.9 Å². The van der Waals surface area contributed by atoms with E-state index in [-0.39, 0.29) is 11.9 Å². The van der Waals surface area contributed by atoms with Crippen LogP contribution < -0.4 is 5.32 Å². The molecule has 3 amide bonds. The molecule has 174 valence electrons. The summed E-state index contributed by atoms with van der Waals surface area (Å²) < 4.78 is 2.04. The summed E-state index contributed by atoms with van der Waals surface area (Å²) in [5.41, 5.74) is 3.58. The largest absolute Gasteiger partial charge is 0.346 e. The number of piperazine rings is 1. The van der Waals surface area contributed by atoms with Crippen molar-refractivity contribution in [2.24, 2.45) is 0 Å². The smallest absolute Gasteiger partial charge is 0.321 e.